The Balaban J connectivity index is 1.98. The van der Waals surface area contributed by atoms with Crippen LogP contribution in [0, 0.1) is 10.1 Å². The normalized spacial score (nSPS) is 11.9. The molecule has 0 aliphatic carbocycles. The molecule has 0 radical (unpaired) electrons. The number of hydrogen-bond acceptors (Lipinski definition) is 5. The van der Waals surface area contributed by atoms with E-state index in [2.05, 4.69) is 5.32 Å². The molecule has 0 fully saturated rings. The minimum Gasteiger partial charge on any atom is -0.388 e. The van der Waals surface area contributed by atoms with Crippen molar-refractivity contribution in [3.05, 3.63) is 61.3 Å². The molecule has 1 unspecified atom stereocenters. The Morgan fingerprint density at radius 2 is 2.23 bits per heavy atom. The summed E-state index contributed by atoms with van der Waals surface area (Å²) in [6.07, 6.45) is -0.363. The van der Waals surface area contributed by atoms with Crippen LogP contribution in [-0.4, -0.2) is 22.5 Å². The summed E-state index contributed by atoms with van der Waals surface area (Å²) in [7, 11) is 0. The number of nitrogens with one attached hydrogen (secondary N) is 1. The molecule has 0 aliphatic heterocycles. The fourth-order valence-electron chi connectivity index (χ4n) is 1.90. The van der Waals surface area contributed by atoms with Crippen molar-refractivity contribution in [2.75, 3.05) is 6.54 Å². The van der Waals surface area contributed by atoms with Crippen LogP contribution in [0.3, 0.4) is 0 Å². The summed E-state index contributed by atoms with van der Waals surface area (Å²) in [6.45, 7) is 0.194. The highest BCUT2D eigenvalue weighted by atomic mass is 35.5. The summed E-state index contributed by atoms with van der Waals surface area (Å²) >= 11 is 7.25. The average molecular weight is 341 g/mol. The third kappa shape index (κ3) is 4.03. The van der Waals surface area contributed by atoms with Gasteiger partial charge in [-0.1, -0.05) is 11.6 Å². The molecule has 1 atom stereocenters. The molecular formula is C14H13ClN2O4S. The van der Waals surface area contributed by atoms with E-state index in [1.807, 2.05) is 10.8 Å². The first kappa shape index (κ1) is 16.4. The topological polar surface area (TPSA) is 92.5 Å². The Morgan fingerprint density at radius 1 is 1.45 bits per heavy atom. The molecule has 0 bridgehead atoms. The molecule has 2 rings (SSSR count). The molecule has 0 spiro atoms. The van der Waals surface area contributed by atoms with Crippen molar-refractivity contribution >= 4 is 34.5 Å². The van der Waals surface area contributed by atoms with Crippen LogP contribution in [0.5, 0.6) is 0 Å². The zero-order valence-corrected chi connectivity index (χ0v) is 12.9. The van der Waals surface area contributed by atoms with Crippen molar-refractivity contribution in [3.63, 3.8) is 0 Å². The fraction of sp³-hybridized carbons (Fsp3) is 0.214. The molecule has 0 aliphatic rings. The Kier molecular flexibility index (Phi) is 5.48. The number of nitro benzene ring substituents is 1. The van der Waals surface area contributed by atoms with Crippen LogP contribution in [0.25, 0.3) is 0 Å². The zero-order valence-electron chi connectivity index (χ0n) is 11.4. The van der Waals surface area contributed by atoms with Crippen molar-refractivity contribution in [2.45, 2.75) is 12.5 Å². The molecule has 1 aromatic carbocycles. The van der Waals surface area contributed by atoms with E-state index in [0.29, 0.717) is 6.42 Å². The number of benzene rings is 1. The van der Waals surface area contributed by atoms with Gasteiger partial charge in [-0.05, 0) is 40.9 Å². The number of nitro groups is 1. The van der Waals surface area contributed by atoms with Gasteiger partial charge in [0, 0.05) is 17.6 Å². The Morgan fingerprint density at radius 3 is 2.86 bits per heavy atom. The fourth-order valence-corrected chi connectivity index (χ4v) is 2.78. The van der Waals surface area contributed by atoms with Gasteiger partial charge in [0.2, 0.25) is 0 Å². The summed E-state index contributed by atoms with van der Waals surface area (Å²) in [5.74, 6) is -0.591. The number of rotatable bonds is 6. The standard InChI is InChI=1S/C14H13ClN2O4S/c15-10-1-2-12(17(20)21)11(7-10)14(19)16-5-3-13(18)9-4-6-22-8-9/h1-2,4,6-8,13,18H,3,5H2,(H,16,19). The number of thiophene rings is 1. The number of aliphatic hydroxyl groups excluding tert-OH is 1. The molecule has 1 aromatic heterocycles. The van der Waals surface area contributed by atoms with Gasteiger partial charge < -0.3 is 10.4 Å². The van der Waals surface area contributed by atoms with Crippen LogP contribution < -0.4 is 5.32 Å². The molecule has 1 amide bonds. The predicted octanol–water partition coefficient (Wildman–Crippen LogP) is 3.16. The number of amides is 1. The zero-order chi connectivity index (χ0) is 16.1. The van der Waals surface area contributed by atoms with Gasteiger partial charge in [-0.15, -0.1) is 0 Å². The summed E-state index contributed by atoms with van der Waals surface area (Å²) in [5, 5.41) is 27.3. The third-order valence-electron chi connectivity index (χ3n) is 3.03. The Labute approximate surface area is 135 Å². The van der Waals surface area contributed by atoms with Crippen LogP contribution in [0.4, 0.5) is 5.69 Å². The molecule has 116 valence electrons. The Hall–Kier alpha value is -1.96. The number of aliphatic hydroxyl groups is 1. The lowest BCUT2D eigenvalue weighted by molar-refractivity contribution is -0.385. The lowest BCUT2D eigenvalue weighted by Gasteiger charge is -2.10. The summed E-state index contributed by atoms with van der Waals surface area (Å²) in [6, 6.07) is 5.61. The largest absolute Gasteiger partial charge is 0.388 e. The molecule has 8 heteroatoms. The van der Waals surface area contributed by atoms with E-state index >= 15 is 0 Å². The van der Waals surface area contributed by atoms with E-state index in [0.717, 1.165) is 5.56 Å². The minimum absolute atomic E-state index is 0.0949. The first-order chi connectivity index (χ1) is 10.5. The highest BCUT2D eigenvalue weighted by molar-refractivity contribution is 7.07. The summed E-state index contributed by atoms with van der Waals surface area (Å²) in [4.78, 5) is 22.3. The van der Waals surface area contributed by atoms with E-state index in [9.17, 15) is 20.0 Å². The lowest BCUT2D eigenvalue weighted by atomic mass is 10.1. The number of carbonyl (C=O) groups is 1. The van der Waals surface area contributed by atoms with Crippen LogP contribution in [-0.2, 0) is 0 Å². The molecule has 2 aromatic rings. The van der Waals surface area contributed by atoms with Gasteiger partial charge in [0.25, 0.3) is 11.6 Å². The van der Waals surface area contributed by atoms with Crippen molar-refractivity contribution in [1.29, 1.82) is 0 Å². The molecule has 0 saturated heterocycles. The SMILES string of the molecule is O=C(NCCC(O)c1ccsc1)c1cc(Cl)ccc1[N+](=O)[O-]. The molecule has 2 N–H and O–H groups in total. The maximum Gasteiger partial charge on any atom is 0.282 e. The lowest BCUT2D eigenvalue weighted by Crippen LogP contribution is -2.26. The smallest absolute Gasteiger partial charge is 0.282 e. The molecule has 1 heterocycles. The second-order valence-electron chi connectivity index (χ2n) is 4.54. The van der Waals surface area contributed by atoms with Gasteiger partial charge in [-0.3, -0.25) is 14.9 Å². The number of hydrogen-bond donors (Lipinski definition) is 2. The van der Waals surface area contributed by atoms with Gasteiger partial charge in [-0.2, -0.15) is 11.3 Å². The first-order valence-electron chi connectivity index (χ1n) is 6.41. The third-order valence-corrected chi connectivity index (χ3v) is 3.97. The van der Waals surface area contributed by atoms with E-state index in [4.69, 9.17) is 11.6 Å². The van der Waals surface area contributed by atoms with Crippen LogP contribution in [0.1, 0.15) is 28.4 Å². The van der Waals surface area contributed by atoms with Crippen molar-refractivity contribution < 1.29 is 14.8 Å². The van der Waals surface area contributed by atoms with E-state index in [1.165, 1.54) is 29.5 Å². The Bertz CT molecular complexity index is 675. The first-order valence-corrected chi connectivity index (χ1v) is 7.73. The van der Waals surface area contributed by atoms with Crippen LogP contribution in [0.15, 0.2) is 35.0 Å². The second-order valence-corrected chi connectivity index (χ2v) is 5.75. The second kappa shape index (κ2) is 7.35. The quantitative estimate of drug-likeness (QED) is 0.624. The van der Waals surface area contributed by atoms with Gasteiger partial charge in [-0.25, -0.2) is 0 Å². The maximum atomic E-state index is 12.0. The molecule has 22 heavy (non-hydrogen) atoms. The summed E-state index contributed by atoms with van der Waals surface area (Å²) in [5.41, 5.74) is 0.385. The molecule has 0 saturated carbocycles. The van der Waals surface area contributed by atoms with Gasteiger partial charge in [0.1, 0.15) is 5.56 Å². The molecular weight excluding hydrogens is 328 g/mol. The van der Waals surface area contributed by atoms with E-state index < -0.39 is 16.9 Å². The monoisotopic (exact) mass is 340 g/mol. The number of nitrogens with zero attached hydrogens (tertiary/aromatic N) is 1. The van der Waals surface area contributed by atoms with Crippen LogP contribution in [0.2, 0.25) is 5.02 Å². The predicted molar refractivity (Wildman–Crippen MR) is 84.3 cm³/mol. The van der Waals surface area contributed by atoms with Crippen LogP contribution >= 0.6 is 22.9 Å². The summed E-state index contributed by atoms with van der Waals surface area (Å²) < 4.78 is 0. The van der Waals surface area contributed by atoms with Gasteiger partial charge >= 0.3 is 0 Å². The van der Waals surface area contributed by atoms with E-state index in [1.54, 1.807) is 6.07 Å². The number of halogens is 1. The highest BCUT2D eigenvalue weighted by Gasteiger charge is 2.20. The minimum atomic E-state index is -0.680. The number of carbonyl (C=O) groups excluding carboxylic acids is 1. The van der Waals surface area contributed by atoms with E-state index in [-0.39, 0.29) is 22.8 Å². The van der Waals surface area contributed by atoms with Gasteiger partial charge in [0.05, 0.1) is 11.0 Å². The van der Waals surface area contributed by atoms with Crippen molar-refractivity contribution in [3.8, 4) is 0 Å². The highest BCUT2D eigenvalue weighted by Crippen LogP contribution is 2.23. The van der Waals surface area contributed by atoms with Crippen molar-refractivity contribution in [1.82, 2.24) is 5.32 Å². The molecule has 6 nitrogen and oxygen atoms in total. The maximum absolute atomic E-state index is 12.0. The van der Waals surface area contributed by atoms with Crippen molar-refractivity contribution in [2.24, 2.45) is 0 Å². The average Bonchev–Trinajstić information content (AvgIpc) is 3.00. The van der Waals surface area contributed by atoms with Gasteiger partial charge in [0.15, 0.2) is 0 Å².